The molecule has 0 heterocycles. The topological polar surface area (TPSA) is 74.3 Å². The lowest BCUT2D eigenvalue weighted by Crippen LogP contribution is -2.33. The van der Waals surface area contributed by atoms with E-state index in [0.29, 0.717) is 40.4 Å². The van der Waals surface area contributed by atoms with Crippen LogP contribution in [0.5, 0.6) is 17.2 Å². The molecule has 140 valence electrons. The first kappa shape index (κ1) is 21.1. The average Bonchev–Trinajstić information content (AvgIpc) is 2.61. The van der Waals surface area contributed by atoms with Gasteiger partial charge in [-0.05, 0) is 35.8 Å². The van der Waals surface area contributed by atoms with Gasteiger partial charge in [-0.3, -0.25) is 9.59 Å². The molecule has 1 rings (SSSR count). The number of esters is 1. The van der Waals surface area contributed by atoms with Crippen LogP contribution in [0.2, 0.25) is 0 Å². The second-order valence-electron chi connectivity index (χ2n) is 4.95. The van der Waals surface area contributed by atoms with Gasteiger partial charge in [0.15, 0.2) is 11.5 Å². The number of halogens is 1. The van der Waals surface area contributed by atoms with E-state index in [1.165, 1.54) is 21.3 Å². The normalized spacial score (nSPS) is 10.2. The lowest BCUT2D eigenvalue weighted by molar-refractivity contribution is -0.143. The van der Waals surface area contributed by atoms with Gasteiger partial charge in [0.1, 0.15) is 0 Å². The van der Waals surface area contributed by atoms with E-state index in [1.54, 1.807) is 17.9 Å². The molecular formula is C17H24BrNO6. The quantitative estimate of drug-likeness (QED) is 0.575. The number of methoxy groups -OCH3 is 3. The van der Waals surface area contributed by atoms with Crippen molar-refractivity contribution >= 4 is 27.8 Å². The van der Waals surface area contributed by atoms with Crippen LogP contribution in [0.1, 0.15) is 30.6 Å². The Balaban J connectivity index is 3.15. The Morgan fingerprint density at radius 2 is 1.72 bits per heavy atom. The summed E-state index contributed by atoms with van der Waals surface area (Å²) < 4.78 is 21.3. The van der Waals surface area contributed by atoms with Crippen molar-refractivity contribution in [2.75, 3.05) is 41.0 Å². The summed E-state index contributed by atoms with van der Waals surface area (Å²) >= 11 is 3.40. The highest BCUT2D eigenvalue weighted by Crippen LogP contribution is 2.45. The fourth-order valence-electron chi connectivity index (χ4n) is 2.31. The van der Waals surface area contributed by atoms with Crippen LogP contribution in [-0.2, 0) is 9.53 Å². The first-order valence-electron chi connectivity index (χ1n) is 7.88. The number of hydrogen-bond donors (Lipinski definition) is 0. The van der Waals surface area contributed by atoms with Crippen LogP contribution in [0, 0.1) is 0 Å². The molecule has 0 aliphatic carbocycles. The standard InChI is InChI=1S/C17H24BrNO6/c1-6-19(9-8-13(20)25-7-2)17(21)11-10-12(22-3)15(23-4)16(24-5)14(11)18/h10H,6-9H2,1-5H3. The van der Waals surface area contributed by atoms with Gasteiger partial charge < -0.3 is 23.8 Å². The zero-order valence-electron chi connectivity index (χ0n) is 15.2. The number of carbonyl (C=O) groups is 2. The van der Waals surface area contributed by atoms with E-state index in [9.17, 15) is 9.59 Å². The van der Waals surface area contributed by atoms with Crippen molar-refractivity contribution in [1.82, 2.24) is 4.90 Å². The molecule has 0 saturated heterocycles. The summed E-state index contributed by atoms with van der Waals surface area (Å²) in [6, 6.07) is 1.58. The predicted octanol–water partition coefficient (Wildman–Crippen LogP) is 2.89. The lowest BCUT2D eigenvalue weighted by atomic mass is 10.1. The first-order chi connectivity index (χ1) is 11.9. The van der Waals surface area contributed by atoms with Gasteiger partial charge in [0, 0.05) is 13.1 Å². The van der Waals surface area contributed by atoms with E-state index in [-0.39, 0.29) is 24.8 Å². The summed E-state index contributed by atoms with van der Waals surface area (Å²) in [6.45, 7) is 4.61. The molecule has 0 spiro atoms. The van der Waals surface area contributed by atoms with E-state index in [0.717, 1.165) is 0 Å². The molecule has 0 aliphatic rings. The maximum Gasteiger partial charge on any atom is 0.307 e. The van der Waals surface area contributed by atoms with E-state index < -0.39 is 0 Å². The Labute approximate surface area is 156 Å². The van der Waals surface area contributed by atoms with Crippen LogP contribution in [-0.4, -0.2) is 57.8 Å². The number of nitrogens with zero attached hydrogens (tertiary/aromatic N) is 1. The van der Waals surface area contributed by atoms with Gasteiger partial charge >= 0.3 is 5.97 Å². The fraction of sp³-hybridized carbons (Fsp3) is 0.529. The van der Waals surface area contributed by atoms with Crippen molar-refractivity contribution < 1.29 is 28.5 Å². The third-order valence-electron chi connectivity index (χ3n) is 3.56. The minimum absolute atomic E-state index is 0.134. The van der Waals surface area contributed by atoms with Crippen molar-refractivity contribution in [2.24, 2.45) is 0 Å². The molecule has 1 aromatic carbocycles. The van der Waals surface area contributed by atoms with Crippen molar-refractivity contribution in [2.45, 2.75) is 20.3 Å². The SMILES string of the molecule is CCOC(=O)CCN(CC)C(=O)c1cc(OC)c(OC)c(OC)c1Br. The van der Waals surface area contributed by atoms with Crippen molar-refractivity contribution in [3.05, 3.63) is 16.1 Å². The average molecular weight is 418 g/mol. The lowest BCUT2D eigenvalue weighted by Gasteiger charge is -2.23. The van der Waals surface area contributed by atoms with Crippen LogP contribution >= 0.6 is 15.9 Å². The molecule has 1 aromatic rings. The second kappa shape index (κ2) is 10.1. The van der Waals surface area contributed by atoms with Crippen LogP contribution in [0.15, 0.2) is 10.5 Å². The Bertz CT molecular complexity index is 620. The molecule has 25 heavy (non-hydrogen) atoms. The smallest absolute Gasteiger partial charge is 0.307 e. The summed E-state index contributed by atoms with van der Waals surface area (Å²) in [5, 5.41) is 0. The van der Waals surface area contributed by atoms with Crippen molar-refractivity contribution in [3.63, 3.8) is 0 Å². The van der Waals surface area contributed by atoms with Gasteiger partial charge in [0.05, 0.1) is 44.4 Å². The van der Waals surface area contributed by atoms with E-state index >= 15 is 0 Å². The Morgan fingerprint density at radius 3 is 2.20 bits per heavy atom. The Kier molecular flexibility index (Phi) is 8.54. The zero-order valence-corrected chi connectivity index (χ0v) is 16.8. The van der Waals surface area contributed by atoms with Crippen LogP contribution in [0.25, 0.3) is 0 Å². The van der Waals surface area contributed by atoms with Gasteiger partial charge in [0.25, 0.3) is 5.91 Å². The molecule has 0 aliphatic heterocycles. The van der Waals surface area contributed by atoms with Gasteiger partial charge in [-0.25, -0.2) is 0 Å². The summed E-state index contributed by atoms with van der Waals surface area (Å²) in [5.74, 6) is 0.553. The summed E-state index contributed by atoms with van der Waals surface area (Å²) in [4.78, 5) is 26.0. The molecule has 0 unspecified atom stereocenters. The van der Waals surface area contributed by atoms with Gasteiger partial charge in [-0.1, -0.05) is 0 Å². The van der Waals surface area contributed by atoms with E-state index in [1.807, 2.05) is 6.92 Å². The largest absolute Gasteiger partial charge is 0.493 e. The molecular weight excluding hydrogens is 394 g/mol. The minimum atomic E-state index is -0.335. The monoisotopic (exact) mass is 417 g/mol. The van der Waals surface area contributed by atoms with Gasteiger partial charge in [-0.15, -0.1) is 0 Å². The molecule has 0 fully saturated rings. The van der Waals surface area contributed by atoms with E-state index in [4.69, 9.17) is 18.9 Å². The second-order valence-corrected chi connectivity index (χ2v) is 5.74. The minimum Gasteiger partial charge on any atom is -0.493 e. The molecule has 0 aromatic heterocycles. The van der Waals surface area contributed by atoms with Crippen molar-refractivity contribution in [1.29, 1.82) is 0 Å². The van der Waals surface area contributed by atoms with Crippen LogP contribution in [0.3, 0.4) is 0 Å². The maximum atomic E-state index is 12.9. The summed E-state index contributed by atoms with van der Waals surface area (Å²) in [6.07, 6.45) is 0.134. The molecule has 0 bridgehead atoms. The first-order valence-corrected chi connectivity index (χ1v) is 8.67. The van der Waals surface area contributed by atoms with Crippen LogP contribution < -0.4 is 14.2 Å². The van der Waals surface area contributed by atoms with Gasteiger partial charge in [0.2, 0.25) is 5.75 Å². The zero-order chi connectivity index (χ0) is 19.0. The number of rotatable bonds is 9. The van der Waals surface area contributed by atoms with Crippen LogP contribution in [0.4, 0.5) is 0 Å². The number of benzene rings is 1. The molecule has 8 heteroatoms. The third kappa shape index (κ3) is 5.01. The fourth-order valence-corrected chi connectivity index (χ4v) is 2.94. The van der Waals surface area contributed by atoms with E-state index in [2.05, 4.69) is 15.9 Å². The maximum absolute atomic E-state index is 12.9. The number of amides is 1. The van der Waals surface area contributed by atoms with Crippen molar-refractivity contribution in [3.8, 4) is 17.2 Å². The molecule has 0 N–H and O–H groups in total. The molecule has 1 amide bonds. The highest BCUT2D eigenvalue weighted by molar-refractivity contribution is 9.10. The third-order valence-corrected chi connectivity index (χ3v) is 4.35. The Hall–Kier alpha value is -1.96. The summed E-state index contributed by atoms with van der Waals surface area (Å²) in [5.41, 5.74) is 0.361. The number of ether oxygens (including phenoxy) is 4. The Morgan fingerprint density at radius 1 is 1.08 bits per heavy atom. The number of carbonyl (C=O) groups excluding carboxylic acids is 2. The summed E-state index contributed by atoms with van der Waals surface area (Å²) in [7, 11) is 4.46. The highest BCUT2D eigenvalue weighted by Gasteiger charge is 2.25. The highest BCUT2D eigenvalue weighted by atomic mass is 79.9. The molecule has 0 atom stereocenters. The predicted molar refractivity (Wildman–Crippen MR) is 96.6 cm³/mol. The molecule has 0 radical (unpaired) electrons. The molecule has 0 saturated carbocycles. The number of hydrogen-bond acceptors (Lipinski definition) is 6. The molecule has 7 nitrogen and oxygen atoms in total. The van der Waals surface area contributed by atoms with Gasteiger partial charge in [-0.2, -0.15) is 0 Å².